The minimum Gasteiger partial charge on any atom is -0.458 e. The summed E-state index contributed by atoms with van der Waals surface area (Å²) in [4.78, 5) is 38.0. The molecule has 3 saturated carbocycles. The zero-order valence-corrected chi connectivity index (χ0v) is 28.4. The molecule has 45 heavy (non-hydrogen) atoms. The number of aliphatic hydroxyl groups is 2. The predicted octanol–water partition coefficient (Wildman–Crippen LogP) is 8.15. The average Bonchev–Trinajstić information content (AvgIpc) is 3.28. The number of allylic oxidation sites excluding steroid dienone is 6. The number of carbonyl (C=O) groups excluding carboxylic acids is 3. The number of esters is 1. The number of hydrogen-bond donors (Lipinski definition) is 2. The number of ketones is 2. The van der Waals surface area contributed by atoms with E-state index in [0.29, 0.717) is 19.3 Å². The molecule has 4 aliphatic carbocycles. The van der Waals surface area contributed by atoms with Crippen LogP contribution in [0.25, 0.3) is 0 Å². The largest absolute Gasteiger partial charge is 0.458 e. The minimum absolute atomic E-state index is 0.00342. The van der Waals surface area contributed by atoms with Gasteiger partial charge in [0.1, 0.15) is 5.60 Å². The first-order chi connectivity index (χ1) is 21.6. The SMILES string of the molecule is CCCCCCCCC=CCCCCCCCC(=O)OCC(=O)[C@@]1(O)CC[C@H]2[C@@H]3CCC4=CC(=O)C=C[C@]4(C)[C@H]3C(O)C[C@@]21C. The van der Waals surface area contributed by atoms with Crippen LogP contribution in [0.2, 0.25) is 0 Å². The molecule has 0 saturated heterocycles. The van der Waals surface area contributed by atoms with Crippen LogP contribution in [-0.4, -0.2) is 46.1 Å². The van der Waals surface area contributed by atoms with Crippen LogP contribution in [0, 0.1) is 28.6 Å². The lowest BCUT2D eigenvalue weighted by atomic mass is 9.46. The maximum atomic E-state index is 13.5. The fraction of sp³-hybridized carbons (Fsp3) is 0.769. The zero-order chi connectivity index (χ0) is 32.5. The second kappa shape index (κ2) is 16.2. The Balaban J connectivity index is 1.14. The second-order valence-corrected chi connectivity index (χ2v) is 15.0. The van der Waals surface area contributed by atoms with Gasteiger partial charge in [-0.25, -0.2) is 0 Å². The molecule has 0 radical (unpaired) electrons. The third-order valence-electron chi connectivity index (χ3n) is 12.1. The lowest BCUT2D eigenvalue weighted by Gasteiger charge is -2.59. The number of fused-ring (bicyclic) bond motifs is 5. The van der Waals surface area contributed by atoms with E-state index in [1.54, 1.807) is 12.2 Å². The van der Waals surface area contributed by atoms with E-state index in [-0.39, 0.29) is 41.3 Å². The van der Waals surface area contributed by atoms with E-state index >= 15 is 0 Å². The monoisotopic (exact) mass is 624 g/mol. The molecule has 6 heteroatoms. The van der Waals surface area contributed by atoms with E-state index in [1.165, 1.54) is 51.4 Å². The van der Waals surface area contributed by atoms with Gasteiger partial charge in [-0.15, -0.1) is 0 Å². The van der Waals surface area contributed by atoms with Gasteiger partial charge < -0.3 is 14.9 Å². The maximum absolute atomic E-state index is 13.5. The molecule has 1 unspecified atom stereocenters. The molecule has 0 aromatic carbocycles. The molecule has 4 aliphatic rings. The van der Waals surface area contributed by atoms with E-state index in [2.05, 4.69) is 26.0 Å². The van der Waals surface area contributed by atoms with Gasteiger partial charge in [0.2, 0.25) is 5.78 Å². The summed E-state index contributed by atoms with van der Waals surface area (Å²) in [5.74, 6) is -0.654. The van der Waals surface area contributed by atoms with Crippen LogP contribution >= 0.6 is 0 Å². The van der Waals surface area contributed by atoms with Gasteiger partial charge in [0.05, 0.1) is 6.10 Å². The Kier molecular flexibility index (Phi) is 12.9. The quantitative estimate of drug-likeness (QED) is 0.0907. The normalized spacial score (nSPS) is 33.9. The van der Waals surface area contributed by atoms with Crippen LogP contribution < -0.4 is 0 Å². The van der Waals surface area contributed by atoms with Crippen molar-refractivity contribution in [1.82, 2.24) is 0 Å². The maximum Gasteiger partial charge on any atom is 0.306 e. The highest BCUT2D eigenvalue weighted by atomic mass is 16.5. The topological polar surface area (TPSA) is 101 Å². The van der Waals surface area contributed by atoms with Crippen LogP contribution in [-0.2, 0) is 19.1 Å². The fourth-order valence-electron chi connectivity index (χ4n) is 9.47. The summed E-state index contributed by atoms with van der Waals surface area (Å²) in [6, 6.07) is 0. The summed E-state index contributed by atoms with van der Waals surface area (Å²) in [7, 11) is 0. The third kappa shape index (κ3) is 8.09. The summed E-state index contributed by atoms with van der Waals surface area (Å²) in [6.07, 6.45) is 28.0. The number of unbranched alkanes of at least 4 members (excludes halogenated alkanes) is 11. The molecule has 0 amide bonds. The van der Waals surface area contributed by atoms with Crippen molar-refractivity contribution in [3.8, 4) is 0 Å². The van der Waals surface area contributed by atoms with Gasteiger partial charge in [0.15, 0.2) is 12.4 Å². The molecule has 0 aromatic heterocycles. The molecule has 7 atom stereocenters. The lowest BCUT2D eigenvalue weighted by molar-refractivity contribution is -0.181. The Labute approximate surface area is 272 Å². The minimum atomic E-state index is -1.62. The van der Waals surface area contributed by atoms with Crippen molar-refractivity contribution in [3.05, 3.63) is 36.0 Å². The Hall–Kier alpha value is -2.05. The molecule has 3 fully saturated rings. The van der Waals surface area contributed by atoms with Crippen molar-refractivity contribution in [2.75, 3.05) is 6.61 Å². The van der Waals surface area contributed by atoms with Gasteiger partial charge in [-0.05, 0) is 88.2 Å². The first-order valence-electron chi connectivity index (χ1n) is 18.3. The van der Waals surface area contributed by atoms with Crippen molar-refractivity contribution in [3.63, 3.8) is 0 Å². The van der Waals surface area contributed by atoms with Crippen molar-refractivity contribution < 1.29 is 29.3 Å². The summed E-state index contributed by atoms with van der Waals surface area (Å²) >= 11 is 0. The number of rotatable bonds is 18. The van der Waals surface area contributed by atoms with Gasteiger partial charge in [-0.1, -0.05) is 95.9 Å². The summed E-state index contributed by atoms with van der Waals surface area (Å²) < 4.78 is 5.39. The van der Waals surface area contributed by atoms with E-state index in [9.17, 15) is 24.6 Å². The molecule has 252 valence electrons. The highest BCUT2D eigenvalue weighted by molar-refractivity contribution is 6.01. The summed E-state index contributed by atoms with van der Waals surface area (Å²) in [6.45, 7) is 5.90. The van der Waals surface area contributed by atoms with Crippen LogP contribution in [0.5, 0.6) is 0 Å². The Morgan fingerprint density at radius 1 is 0.956 bits per heavy atom. The molecule has 6 nitrogen and oxygen atoms in total. The van der Waals surface area contributed by atoms with E-state index in [0.717, 1.165) is 50.5 Å². The van der Waals surface area contributed by atoms with Crippen LogP contribution in [0.15, 0.2) is 36.0 Å². The molecule has 0 aliphatic heterocycles. The molecule has 2 N–H and O–H groups in total. The van der Waals surface area contributed by atoms with Gasteiger partial charge in [0.25, 0.3) is 0 Å². The number of hydrogen-bond acceptors (Lipinski definition) is 6. The summed E-state index contributed by atoms with van der Waals surface area (Å²) in [5, 5.41) is 23.4. The molecule has 0 bridgehead atoms. The molecular formula is C39H60O6. The highest BCUT2D eigenvalue weighted by Gasteiger charge is 2.68. The Bertz CT molecular complexity index is 1120. The first kappa shape index (κ1) is 35.8. The van der Waals surface area contributed by atoms with E-state index in [4.69, 9.17) is 4.74 Å². The molecule has 0 aromatic rings. The smallest absolute Gasteiger partial charge is 0.306 e. The predicted molar refractivity (Wildman–Crippen MR) is 178 cm³/mol. The van der Waals surface area contributed by atoms with Crippen molar-refractivity contribution in [1.29, 1.82) is 0 Å². The van der Waals surface area contributed by atoms with Gasteiger partial charge in [0, 0.05) is 23.2 Å². The van der Waals surface area contributed by atoms with Gasteiger partial charge in [-0.2, -0.15) is 0 Å². The standard InChI is InChI=1S/C39H60O6/c1-4-5-6-7-8-9-10-11-12-13-14-15-16-17-18-19-35(43)45-28-34(42)39(44)25-23-32-31-21-20-29-26-30(40)22-24-37(29,2)36(31)33(41)27-38(32,39)3/h11-12,22,24,26,31-33,36,41,44H,4-10,13-21,23,25,27-28H2,1-3H3/t31-,32-,33?,36+,37-,38-,39-/m0/s1. The van der Waals surface area contributed by atoms with Gasteiger partial charge >= 0.3 is 5.97 Å². The Morgan fingerprint density at radius 3 is 2.29 bits per heavy atom. The highest BCUT2D eigenvalue weighted by Crippen LogP contribution is 2.67. The van der Waals surface area contributed by atoms with E-state index < -0.39 is 29.5 Å². The average molecular weight is 625 g/mol. The summed E-state index contributed by atoms with van der Waals surface area (Å²) in [5.41, 5.74) is -1.71. The van der Waals surface area contributed by atoms with Crippen LogP contribution in [0.4, 0.5) is 0 Å². The molecule has 0 spiro atoms. The molecular weight excluding hydrogens is 564 g/mol. The van der Waals surface area contributed by atoms with Crippen molar-refractivity contribution in [2.45, 2.75) is 154 Å². The number of Topliss-reactive ketones (excluding diaryl/α,β-unsaturated/α-hetero) is 1. The van der Waals surface area contributed by atoms with Gasteiger partial charge in [-0.3, -0.25) is 14.4 Å². The molecule has 4 rings (SSSR count). The van der Waals surface area contributed by atoms with Crippen LogP contribution in [0.1, 0.15) is 143 Å². The first-order valence-corrected chi connectivity index (χ1v) is 18.3. The Morgan fingerprint density at radius 2 is 1.60 bits per heavy atom. The molecule has 0 heterocycles. The van der Waals surface area contributed by atoms with Crippen molar-refractivity contribution in [2.24, 2.45) is 28.6 Å². The van der Waals surface area contributed by atoms with Crippen molar-refractivity contribution >= 4 is 17.5 Å². The van der Waals surface area contributed by atoms with E-state index in [1.807, 2.05) is 13.0 Å². The number of carbonyl (C=O) groups is 3. The second-order valence-electron chi connectivity index (χ2n) is 15.0. The zero-order valence-electron chi connectivity index (χ0n) is 28.4. The lowest BCUT2D eigenvalue weighted by Crippen LogP contribution is -2.61. The fourth-order valence-corrected chi connectivity index (χ4v) is 9.47. The number of ether oxygens (including phenoxy) is 1. The third-order valence-corrected chi connectivity index (χ3v) is 12.1. The number of aliphatic hydroxyl groups excluding tert-OH is 1. The van der Waals surface area contributed by atoms with Crippen LogP contribution in [0.3, 0.4) is 0 Å².